The fourth-order valence-electron chi connectivity index (χ4n) is 2.66. The summed E-state index contributed by atoms with van der Waals surface area (Å²) in [6, 6.07) is 7.19. The van der Waals surface area contributed by atoms with Crippen molar-refractivity contribution in [2.45, 2.75) is 45.6 Å². The Morgan fingerprint density at radius 3 is 2.79 bits per heavy atom. The molecular formula is C18H25N3O3. The fraction of sp³-hybridized carbons (Fsp3) is 0.500. The van der Waals surface area contributed by atoms with Gasteiger partial charge in [-0.1, -0.05) is 26.0 Å². The summed E-state index contributed by atoms with van der Waals surface area (Å²) < 4.78 is 0. The largest absolute Gasteiger partial charge is 0.396 e. The maximum atomic E-state index is 12.0. The molecule has 0 saturated heterocycles. The molecule has 1 heterocycles. The average molecular weight is 331 g/mol. The van der Waals surface area contributed by atoms with Gasteiger partial charge in [0.25, 0.3) is 5.56 Å². The monoisotopic (exact) mass is 331 g/mol. The van der Waals surface area contributed by atoms with Crippen molar-refractivity contribution in [3.05, 3.63) is 40.4 Å². The number of aliphatic hydroxyl groups excluding tert-OH is 1. The number of fused-ring (bicyclic) bond motifs is 1. The number of aliphatic hydroxyl groups is 1. The number of hydrogen-bond acceptors (Lipinski definition) is 4. The van der Waals surface area contributed by atoms with E-state index in [1.807, 2.05) is 26.0 Å². The molecule has 0 aliphatic carbocycles. The number of amides is 1. The molecule has 2 rings (SSSR count). The SMILES string of the molecule is CC(C)C(CCO)NC(=O)CCCc1nc2ccccc2c(=O)[nH]1. The Kier molecular flexibility index (Phi) is 6.49. The Hall–Kier alpha value is -2.21. The normalized spacial score (nSPS) is 12.5. The minimum absolute atomic E-state index is 0.0129. The Morgan fingerprint density at radius 1 is 1.33 bits per heavy atom. The van der Waals surface area contributed by atoms with Crippen molar-refractivity contribution in [2.24, 2.45) is 5.92 Å². The van der Waals surface area contributed by atoms with Crippen LogP contribution in [0.15, 0.2) is 29.1 Å². The molecule has 0 saturated carbocycles. The summed E-state index contributed by atoms with van der Waals surface area (Å²) in [5, 5.41) is 12.6. The first-order valence-electron chi connectivity index (χ1n) is 8.39. The van der Waals surface area contributed by atoms with E-state index >= 15 is 0 Å². The van der Waals surface area contributed by atoms with Gasteiger partial charge in [0, 0.05) is 25.5 Å². The number of carbonyl (C=O) groups is 1. The van der Waals surface area contributed by atoms with Crippen molar-refractivity contribution >= 4 is 16.8 Å². The maximum absolute atomic E-state index is 12.0. The lowest BCUT2D eigenvalue weighted by molar-refractivity contribution is -0.122. The highest BCUT2D eigenvalue weighted by Gasteiger charge is 2.15. The second-order valence-corrected chi connectivity index (χ2v) is 6.31. The summed E-state index contributed by atoms with van der Waals surface area (Å²) >= 11 is 0. The number of aromatic amines is 1. The van der Waals surface area contributed by atoms with Gasteiger partial charge in [-0.05, 0) is 30.9 Å². The van der Waals surface area contributed by atoms with Crippen molar-refractivity contribution in [2.75, 3.05) is 6.61 Å². The maximum Gasteiger partial charge on any atom is 0.258 e. The van der Waals surface area contributed by atoms with Crippen molar-refractivity contribution < 1.29 is 9.90 Å². The highest BCUT2D eigenvalue weighted by molar-refractivity contribution is 5.77. The molecule has 2 aromatic rings. The van der Waals surface area contributed by atoms with Crippen molar-refractivity contribution in [3.8, 4) is 0 Å². The zero-order valence-electron chi connectivity index (χ0n) is 14.2. The van der Waals surface area contributed by atoms with E-state index in [1.54, 1.807) is 12.1 Å². The van der Waals surface area contributed by atoms with Gasteiger partial charge in [-0.25, -0.2) is 4.98 Å². The predicted octanol–water partition coefficient (Wildman–Crippen LogP) is 1.77. The zero-order valence-corrected chi connectivity index (χ0v) is 14.2. The lowest BCUT2D eigenvalue weighted by Gasteiger charge is -2.21. The number of nitrogens with zero attached hydrogens (tertiary/aromatic N) is 1. The Labute approximate surface area is 141 Å². The minimum Gasteiger partial charge on any atom is -0.396 e. The first-order valence-corrected chi connectivity index (χ1v) is 8.39. The highest BCUT2D eigenvalue weighted by Crippen LogP contribution is 2.09. The number of H-pyrrole nitrogens is 1. The molecule has 1 amide bonds. The number of nitrogens with one attached hydrogen (secondary N) is 2. The van der Waals surface area contributed by atoms with Crippen molar-refractivity contribution in [1.29, 1.82) is 0 Å². The summed E-state index contributed by atoms with van der Waals surface area (Å²) in [6.07, 6.45) is 2.07. The van der Waals surface area contributed by atoms with E-state index in [0.29, 0.717) is 42.4 Å². The van der Waals surface area contributed by atoms with Gasteiger partial charge in [0.2, 0.25) is 5.91 Å². The molecular weight excluding hydrogens is 306 g/mol. The van der Waals surface area contributed by atoms with E-state index < -0.39 is 0 Å². The standard InChI is InChI=1S/C18H25N3O3/c1-12(2)14(10-11-22)20-17(23)9-5-8-16-19-15-7-4-3-6-13(15)18(24)21-16/h3-4,6-7,12,14,22H,5,8-11H2,1-2H3,(H,20,23)(H,19,21,24). The third kappa shape index (κ3) is 4.89. The molecule has 6 heteroatoms. The first kappa shape index (κ1) is 18.1. The highest BCUT2D eigenvalue weighted by atomic mass is 16.3. The number of aromatic nitrogens is 2. The van der Waals surface area contributed by atoms with E-state index in [1.165, 1.54) is 0 Å². The number of hydrogen-bond donors (Lipinski definition) is 3. The lowest BCUT2D eigenvalue weighted by Crippen LogP contribution is -2.39. The number of benzene rings is 1. The van der Waals surface area contributed by atoms with Gasteiger partial charge in [-0.3, -0.25) is 9.59 Å². The molecule has 1 atom stereocenters. The van der Waals surface area contributed by atoms with Crippen LogP contribution in [0.1, 0.15) is 38.9 Å². The number of rotatable bonds is 8. The number of aryl methyl sites for hydroxylation is 1. The Morgan fingerprint density at radius 2 is 2.08 bits per heavy atom. The van der Waals surface area contributed by atoms with Crippen LogP contribution in [-0.4, -0.2) is 33.6 Å². The molecule has 0 aliphatic heterocycles. The molecule has 24 heavy (non-hydrogen) atoms. The van der Waals surface area contributed by atoms with Crippen LogP contribution < -0.4 is 10.9 Å². The quantitative estimate of drug-likeness (QED) is 0.687. The zero-order chi connectivity index (χ0) is 17.5. The molecule has 0 fully saturated rings. The van der Waals surface area contributed by atoms with E-state index in [4.69, 9.17) is 5.11 Å². The van der Waals surface area contributed by atoms with Crippen molar-refractivity contribution in [1.82, 2.24) is 15.3 Å². The molecule has 3 N–H and O–H groups in total. The molecule has 0 radical (unpaired) electrons. The van der Waals surface area contributed by atoms with E-state index in [-0.39, 0.29) is 30.0 Å². The van der Waals surface area contributed by atoms with Gasteiger partial charge in [0.15, 0.2) is 0 Å². The molecule has 1 aromatic heterocycles. The minimum atomic E-state index is -0.150. The van der Waals surface area contributed by atoms with Gasteiger partial charge in [0.1, 0.15) is 5.82 Å². The molecule has 0 spiro atoms. The Bertz CT molecular complexity index is 740. The molecule has 1 unspecified atom stereocenters. The van der Waals surface area contributed by atoms with Gasteiger partial charge < -0.3 is 15.4 Å². The van der Waals surface area contributed by atoms with Gasteiger partial charge >= 0.3 is 0 Å². The van der Waals surface area contributed by atoms with Crippen LogP contribution in [0.4, 0.5) is 0 Å². The van der Waals surface area contributed by atoms with Crippen LogP contribution in [0.5, 0.6) is 0 Å². The van der Waals surface area contributed by atoms with Crippen molar-refractivity contribution in [3.63, 3.8) is 0 Å². The molecule has 0 bridgehead atoms. The number of para-hydroxylation sites is 1. The summed E-state index contributed by atoms with van der Waals surface area (Å²) in [4.78, 5) is 31.2. The van der Waals surface area contributed by atoms with Gasteiger partial charge in [0.05, 0.1) is 10.9 Å². The lowest BCUT2D eigenvalue weighted by atomic mass is 10.0. The third-order valence-electron chi connectivity index (χ3n) is 4.07. The molecule has 0 aliphatic rings. The van der Waals surface area contributed by atoms with Crippen LogP contribution in [0.3, 0.4) is 0 Å². The van der Waals surface area contributed by atoms with Crippen LogP contribution in [0.25, 0.3) is 10.9 Å². The number of carbonyl (C=O) groups excluding carboxylic acids is 1. The Balaban J connectivity index is 1.90. The van der Waals surface area contributed by atoms with Gasteiger partial charge in [-0.2, -0.15) is 0 Å². The summed E-state index contributed by atoms with van der Waals surface area (Å²) in [6.45, 7) is 4.10. The van der Waals surface area contributed by atoms with E-state index in [2.05, 4.69) is 15.3 Å². The second kappa shape index (κ2) is 8.59. The van der Waals surface area contributed by atoms with Crippen LogP contribution >= 0.6 is 0 Å². The van der Waals surface area contributed by atoms with Crippen LogP contribution in [-0.2, 0) is 11.2 Å². The molecule has 6 nitrogen and oxygen atoms in total. The third-order valence-corrected chi connectivity index (χ3v) is 4.07. The molecule has 130 valence electrons. The second-order valence-electron chi connectivity index (χ2n) is 6.31. The summed E-state index contributed by atoms with van der Waals surface area (Å²) in [7, 11) is 0. The van der Waals surface area contributed by atoms with Gasteiger partial charge in [-0.15, -0.1) is 0 Å². The smallest absolute Gasteiger partial charge is 0.258 e. The predicted molar refractivity (Wildman–Crippen MR) is 93.8 cm³/mol. The summed E-state index contributed by atoms with van der Waals surface area (Å²) in [5.74, 6) is 0.840. The topological polar surface area (TPSA) is 95.1 Å². The van der Waals surface area contributed by atoms with E-state index in [9.17, 15) is 9.59 Å². The fourth-order valence-corrected chi connectivity index (χ4v) is 2.66. The first-order chi connectivity index (χ1) is 11.5. The average Bonchev–Trinajstić information content (AvgIpc) is 2.54. The molecule has 1 aromatic carbocycles. The van der Waals surface area contributed by atoms with E-state index in [0.717, 1.165) is 0 Å². The van der Waals surface area contributed by atoms with Crippen LogP contribution in [0, 0.1) is 5.92 Å². The van der Waals surface area contributed by atoms with Crippen LogP contribution in [0.2, 0.25) is 0 Å². The summed E-state index contributed by atoms with van der Waals surface area (Å²) in [5.41, 5.74) is 0.520.